The van der Waals surface area contributed by atoms with Crippen LogP contribution in [-0.2, 0) is 6.42 Å². The lowest BCUT2D eigenvalue weighted by molar-refractivity contribution is 0.0734. The SMILES string of the molecule is Cc1ccc(C)n1C(=O)c1ccccc1OCC(O)CN1CCC(Cc2ccc(Cl)cn2)C1. The number of β-amino-alcohol motifs (C(OH)–C–C–N with tert-alkyl or cyclic N) is 1. The molecular formula is C26H30ClN3O3. The van der Waals surface area contributed by atoms with Gasteiger partial charge in [0.15, 0.2) is 0 Å². The zero-order valence-electron chi connectivity index (χ0n) is 19.1. The smallest absolute Gasteiger partial charge is 0.266 e. The Morgan fingerprint density at radius 1 is 1.18 bits per heavy atom. The number of rotatable bonds is 8. The molecule has 6 nitrogen and oxygen atoms in total. The molecule has 0 spiro atoms. The molecule has 0 saturated carbocycles. The molecule has 0 radical (unpaired) electrons. The number of para-hydroxylation sites is 1. The number of likely N-dealkylation sites (tertiary alicyclic amines) is 1. The van der Waals surface area contributed by atoms with Crippen molar-refractivity contribution in [2.45, 2.75) is 32.8 Å². The summed E-state index contributed by atoms with van der Waals surface area (Å²) in [5.41, 5.74) is 3.29. The van der Waals surface area contributed by atoms with Crippen molar-refractivity contribution in [3.8, 4) is 5.75 Å². The maximum Gasteiger partial charge on any atom is 0.266 e. The number of nitrogens with zero attached hydrogens (tertiary/aromatic N) is 3. The summed E-state index contributed by atoms with van der Waals surface area (Å²) in [5, 5.41) is 11.2. The summed E-state index contributed by atoms with van der Waals surface area (Å²) in [5.74, 6) is 0.874. The van der Waals surface area contributed by atoms with E-state index in [0.29, 0.717) is 28.8 Å². The summed E-state index contributed by atoms with van der Waals surface area (Å²) in [4.78, 5) is 19.8. The highest BCUT2D eigenvalue weighted by Gasteiger charge is 2.25. The lowest BCUT2D eigenvalue weighted by atomic mass is 10.0. The molecule has 1 aliphatic heterocycles. The molecule has 1 aromatic carbocycles. The van der Waals surface area contributed by atoms with Gasteiger partial charge in [-0.2, -0.15) is 0 Å². The van der Waals surface area contributed by atoms with Crippen LogP contribution in [0.3, 0.4) is 0 Å². The molecule has 2 atom stereocenters. The molecule has 1 N–H and O–H groups in total. The minimum absolute atomic E-state index is 0.127. The summed E-state index contributed by atoms with van der Waals surface area (Å²) in [6, 6.07) is 14.9. The monoisotopic (exact) mass is 467 g/mol. The summed E-state index contributed by atoms with van der Waals surface area (Å²) in [7, 11) is 0. The third kappa shape index (κ3) is 5.82. The number of aryl methyl sites for hydroxylation is 2. The molecule has 174 valence electrons. The summed E-state index contributed by atoms with van der Waals surface area (Å²) >= 11 is 5.92. The van der Waals surface area contributed by atoms with Gasteiger partial charge in [0.05, 0.1) is 10.6 Å². The second kappa shape index (κ2) is 10.5. The van der Waals surface area contributed by atoms with Gasteiger partial charge in [0, 0.05) is 36.4 Å². The summed E-state index contributed by atoms with van der Waals surface area (Å²) < 4.78 is 7.59. The Morgan fingerprint density at radius 3 is 2.67 bits per heavy atom. The topological polar surface area (TPSA) is 67.6 Å². The highest BCUT2D eigenvalue weighted by molar-refractivity contribution is 6.30. The molecule has 0 aliphatic carbocycles. The molecule has 2 aromatic heterocycles. The van der Waals surface area contributed by atoms with Crippen LogP contribution in [0.15, 0.2) is 54.7 Å². The van der Waals surface area contributed by atoms with Crippen molar-refractivity contribution in [3.63, 3.8) is 0 Å². The highest BCUT2D eigenvalue weighted by Crippen LogP contribution is 2.23. The van der Waals surface area contributed by atoms with Gasteiger partial charge in [-0.1, -0.05) is 23.7 Å². The van der Waals surface area contributed by atoms with E-state index in [1.54, 1.807) is 22.9 Å². The number of pyridine rings is 1. The maximum absolute atomic E-state index is 13.1. The first-order valence-electron chi connectivity index (χ1n) is 11.3. The predicted molar refractivity (Wildman–Crippen MR) is 129 cm³/mol. The zero-order valence-corrected chi connectivity index (χ0v) is 19.8. The van der Waals surface area contributed by atoms with E-state index in [9.17, 15) is 9.90 Å². The van der Waals surface area contributed by atoms with Gasteiger partial charge >= 0.3 is 0 Å². The lowest BCUT2D eigenvalue weighted by Crippen LogP contribution is -2.34. The van der Waals surface area contributed by atoms with Crippen LogP contribution in [0.25, 0.3) is 0 Å². The van der Waals surface area contributed by atoms with E-state index in [1.165, 1.54) is 0 Å². The number of benzene rings is 1. The second-order valence-electron chi connectivity index (χ2n) is 8.80. The molecule has 1 fully saturated rings. The van der Waals surface area contributed by atoms with Crippen molar-refractivity contribution in [1.82, 2.24) is 14.5 Å². The second-order valence-corrected chi connectivity index (χ2v) is 9.24. The minimum atomic E-state index is -0.643. The van der Waals surface area contributed by atoms with Crippen LogP contribution in [-0.4, -0.2) is 57.8 Å². The average Bonchev–Trinajstić information content (AvgIpc) is 3.38. The van der Waals surface area contributed by atoms with Crippen LogP contribution < -0.4 is 4.74 Å². The van der Waals surface area contributed by atoms with Gasteiger partial charge < -0.3 is 14.7 Å². The third-order valence-electron chi connectivity index (χ3n) is 6.15. The fraction of sp³-hybridized carbons (Fsp3) is 0.385. The van der Waals surface area contributed by atoms with Crippen LogP contribution >= 0.6 is 11.6 Å². The Morgan fingerprint density at radius 2 is 1.94 bits per heavy atom. The van der Waals surface area contributed by atoms with E-state index in [-0.39, 0.29) is 12.5 Å². The molecular weight excluding hydrogens is 438 g/mol. The number of aliphatic hydroxyl groups excluding tert-OH is 1. The Labute approximate surface area is 199 Å². The molecule has 3 heterocycles. The fourth-order valence-electron chi connectivity index (χ4n) is 4.48. The number of ether oxygens (including phenoxy) is 1. The standard InChI is InChI=1S/C26H30ClN3O3/c1-18-7-8-19(2)30(18)26(32)24-5-3-4-6-25(24)33-17-23(31)16-29-12-11-20(15-29)13-22-10-9-21(27)14-28-22/h3-10,14,20,23,31H,11-13,15-17H2,1-2H3. The van der Waals surface area contributed by atoms with Crippen molar-refractivity contribution in [3.05, 3.63) is 82.4 Å². The van der Waals surface area contributed by atoms with Crippen molar-refractivity contribution in [2.24, 2.45) is 5.92 Å². The van der Waals surface area contributed by atoms with Crippen molar-refractivity contribution in [1.29, 1.82) is 0 Å². The van der Waals surface area contributed by atoms with Gasteiger partial charge in [-0.25, -0.2) is 0 Å². The van der Waals surface area contributed by atoms with Crippen molar-refractivity contribution < 1.29 is 14.6 Å². The van der Waals surface area contributed by atoms with Crippen LogP contribution in [0.4, 0.5) is 0 Å². The van der Waals surface area contributed by atoms with Gasteiger partial charge in [-0.15, -0.1) is 0 Å². The number of aromatic nitrogens is 2. The molecule has 33 heavy (non-hydrogen) atoms. The van der Waals surface area contributed by atoms with E-state index < -0.39 is 6.10 Å². The van der Waals surface area contributed by atoms with Gasteiger partial charge in [0.25, 0.3) is 5.91 Å². The third-order valence-corrected chi connectivity index (χ3v) is 6.37. The van der Waals surface area contributed by atoms with E-state index in [1.807, 2.05) is 50.2 Å². The Kier molecular flexibility index (Phi) is 7.48. The molecule has 1 aliphatic rings. The number of halogens is 1. The number of hydrogen-bond donors (Lipinski definition) is 1. The molecule has 2 unspecified atom stereocenters. The van der Waals surface area contributed by atoms with Gasteiger partial charge in [0.1, 0.15) is 18.5 Å². The van der Waals surface area contributed by atoms with Crippen LogP contribution in [0, 0.1) is 19.8 Å². The normalized spacial score (nSPS) is 17.3. The van der Waals surface area contributed by atoms with Crippen LogP contribution in [0.2, 0.25) is 5.02 Å². The summed E-state index contributed by atoms with van der Waals surface area (Å²) in [6.45, 7) is 6.35. The average molecular weight is 468 g/mol. The first kappa shape index (κ1) is 23.5. The van der Waals surface area contributed by atoms with E-state index in [2.05, 4.69) is 9.88 Å². The molecule has 0 amide bonds. The number of carbonyl (C=O) groups excluding carboxylic acids is 1. The van der Waals surface area contributed by atoms with Gasteiger partial charge in [0.2, 0.25) is 0 Å². The highest BCUT2D eigenvalue weighted by atomic mass is 35.5. The molecule has 1 saturated heterocycles. The largest absolute Gasteiger partial charge is 0.490 e. The summed E-state index contributed by atoms with van der Waals surface area (Å²) in [6.07, 6.45) is 3.03. The quantitative estimate of drug-likeness (QED) is 0.539. The first-order valence-corrected chi connectivity index (χ1v) is 11.7. The number of aliphatic hydroxyl groups is 1. The molecule has 0 bridgehead atoms. The molecule has 4 rings (SSSR count). The predicted octanol–water partition coefficient (Wildman–Crippen LogP) is 4.15. The van der Waals surface area contributed by atoms with E-state index in [4.69, 9.17) is 16.3 Å². The Bertz CT molecular complexity index is 1080. The maximum atomic E-state index is 13.1. The van der Waals surface area contributed by atoms with Crippen molar-refractivity contribution >= 4 is 17.5 Å². The van der Waals surface area contributed by atoms with Gasteiger partial charge in [-0.3, -0.25) is 14.3 Å². The number of hydrogen-bond acceptors (Lipinski definition) is 5. The Hall–Kier alpha value is -2.67. The molecule has 3 aromatic rings. The van der Waals surface area contributed by atoms with Gasteiger partial charge in [-0.05, 0) is 75.5 Å². The van der Waals surface area contributed by atoms with E-state index >= 15 is 0 Å². The zero-order chi connectivity index (χ0) is 23.4. The lowest BCUT2D eigenvalue weighted by Gasteiger charge is -2.21. The Balaban J connectivity index is 1.30. The first-order chi connectivity index (χ1) is 15.9. The van der Waals surface area contributed by atoms with Crippen LogP contribution in [0.1, 0.15) is 33.9 Å². The van der Waals surface area contributed by atoms with E-state index in [0.717, 1.165) is 43.0 Å². The minimum Gasteiger partial charge on any atom is -0.490 e. The molecule has 7 heteroatoms. The number of carbonyl (C=O) groups is 1. The van der Waals surface area contributed by atoms with Crippen LogP contribution in [0.5, 0.6) is 5.75 Å². The fourth-order valence-corrected chi connectivity index (χ4v) is 4.60. The van der Waals surface area contributed by atoms with Crippen molar-refractivity contribution in [2.75, 3.05) is 26.2 Å².